The Bertz CT molecular complexity index is 999. The van der Waals surface area contributed by atoms with Crippen molar-refractivity contribution in [3.05, 3.63) is 58.7 Å². The fourth-order valence-corrected chi connectivity index (χ4v) is 3.25. The number of nitrogens with one attached hydrogen (secondary N) is 2. The third-order valence-corrected chi connectivity index (χ3v) is 4.55. The SMILES string of the molecule is O=C(CN1Cc2c(ccc(F)c2F)NC1=O)N[C@@H]1COc2cc(F)cc(F)c21. The van der Waals surface area contributed by atoms with E-state index in [1.165, 1.54) is 6.07 Å². The van der Waals surface area contributed by atoms with Gasteiger partial charge in [0.15, 0.2) is 11.6 Å². The molecule has 0 unspecified atom stereocenters. The van der Waals surface area contributed by atoms with Gasteiger partial charge in [0.2, 0.25) is 5.91 Å². The number of benzene rings is 2. The van der Waals surface area contributed by atoms with Gasteiger partial charge in [-0.1, -0.05) is 0 Å². The van der Waals surface area contributed by atoms with E-state index in [2.05, 4.69) is 10.6 Å². The molecule has 2 aromatic carbocycles. The van der Waals surface area contributed by atoms with Gasteiger partial charge in [-0.05, 0) is 12.1 Å². The van der Waals surface area contributed by atoms with Gasteiger partial charge < -0.3 is 20.3 Å². The van der Waals surface area contributed by atoms with E-state index in [4.69, 9.17) is 4.74 Å². The first-order valence-electron chi connectivity index (χ1n) is 8.27. The van der Waals surface area contributed by atoms with Gasteiger partial charge in [-0.25, -0.2) is 22.4 Å². The van der Waals surface area contributed by atoms with E-state index in [9.17, 15) is 27.2 Å². The molecular weight excluding hydrogens is 382 g/mol. The van der Waals surface area contributed by atoms with E-state index in [1.807, 2.05) is 0 Å². The number of ether oxygens (including phenoxy) is 1. The van der Waals surface area contributed by atoms with Crippen molar-refractivity contribution in [3.8, 4) is 5.75 Å². The lowest BCUT2D eigenvalue weighted by Gasteiger charge is -2.29. The van der Waals surface area contributed by atoms with E-state index in [0.29, 0.717) is 6.07 Å². The lowest BCUT2D eigenvalue weighted by Crippen LogP contribution is -2.45. The van der Waals surface area contributed by atoms with Crippen molar-refractivity contribution in [3.63, 3.8) is 0 Å². The van der Waals surface area contributed by atoms with Crippen molar-refractivity contribution < 1.29 is 31.9 Å². The molecule has 2 aromatic rings. The molecule has 0 spiro atoms. The maximum atomic E-state index is 14.0. The van der Waals surface area contributed by atoms with Gasteiger partial charge >= 0.3 is 6.03 Å². The Kier molecular flexibility index (Phi) is 4.33. The van der Waals surface area contributed by atoms with Crippen LogP contribution < -0.4 is 15.4 Å². The molecule has 2 heterocycles. The van der Waals surface area contributed by atoms with E-state index in [0.717, 1.165) is 17.0 Å². The number of anilines is 1. The summed E-state index contributed by atoms with van der Waals surface area (Å²) in [4.78, 5) is 25.4. The van der Waals surface area contributed by atoms with Crippen LogP contribution in [-0.2, 0) is 11.3 Å². The van der Waals surface area contributed by atoms with Gasteiger partial charge in [-0.15, -0.1) is 0 Å². The van der Waals surface area contributed by atoms with Crippen molar-refractivity contribution in [2.75, 3.05) is 18.5 Å². The Hall–Kier alpha value is -3.30. The molecule has 0 radical (unpaired) electrons. The summed E-state index contributed by atoms with van der Waals surface area (Å²) in [5, 5.41) is 4.88. The van der Waals surface area contributed by atoms with Crippen LogP contribution in [-0.4, -0.2) is 30.0 Å². The molecule has 1 atom stereocenters. The number of nitrogens with zero attached hydrogens (tertiary/aromatic N) is 1. The number of carbonyl (C=O) groups is 2. The molecule has 28 heavy (non-hydrogen) atoms. The van der Waals surface area contributed by atoms with Crippen molar-refractivity contribution in [1.29, 1.82) is 0 Å². The number of hydrogen-bond acceptors (Lipinski definition) is 3. The number of fused-ring (bicyclic) bond motifs is 2. The maximum Gasteiger partial charge on any atom is 0.322 e. The molecule has 4 rings (SSSR count). The van der Waals surface area contributed by atoms with Crippen LogP contribution in [0.15, 0.2) is 24.3 Å². The molecule has 10 heteroatoms. The fraction of sp³-hybridized carbons (Fsp3) is 0.222. The Morgan fingerprint density at radius 1 is 1.21 bits per heavy atom. The van der Waals surface area contributed by atoms with Crippen LogP contribution in [0.4, 0.5) is 28.0 Å². The van der Waals surface area contributed by atoms with Crippen LogP contribution in [0.25, 0.3) is 0 Å². The molecule has 0 saturated carbocycles. The predicted octanol–water partition coefficient (Wildman–Crippen LogP) is 2.84. The summed E-state index contributed by atoms with van der Waals surface area (Å²) >= 11 is 0. The lowest BCUT2D eigenvalue weighted by molar-refractivity contribution is -0.122. The minimum atomic E-state index is -1.11. The quantitative estimate of drug-likeness (QED) is 0.786. The monoisotopic (exact) mass is 395 g/mol. The van der Waals surface area contributed by atoms with E-state index in [1.54, 1.807) is 0 Å². The number of amides is 3. The standard InChI is InChI=1S/C18H13F4N3O3/c19-8-3-11(21)16-13(7-28-14(16)4-8)23-15(26)6-25-5-9-12(24-18(25)27)2-1-10(20)17(9)22/h1-4,13H,5-7H2,(H,23,26)(H,24,27)/t13-/m1/s1. The highest BCUT2D eigenvalue weighted by Gasteiger charge is 2.32. The summed E-state index contributed by atoms with van der Waals surface area (Å²) in [6.45, 7) is -0.887. The molecule has 146 valence electrons. The summed E-state index contributed by atoms with van der Waals surface area (Å²) in [5.41, 5.74) is 0.0579. The molecular formula is C18H13F4N3O3. The molecule has 3 amide bonds. The third-order valence-electron chi connectivity index (χ3n) is 4.55. The van der Waals surface area contributed by atoms with Crippen molar-refractivity contribution >= 4 is 17.6 Å². The Morgan fingerprint density at radius 2 is 2.00 bits per heavy atom. The second-order valence-electron chi connectivity index (χ2n) is 6.40. The molecule has 0 saturated heterocycles. The lowest BCUT2D eigenvalue weighted by atomic mass is 10.1. The van der Waals surface area contributed by atoms with Crippen LogP contribution in [0.3, 0.4) is 0 Å². The van der Waals surface area contributed by atoms with Crippen LogP contribution in [0, 0.1) is 23.3 Å². The predicted molar refractivity (Wildman–Crippen MR) is 88.5 cm³/mol. The average Bonchev–Trinajstić information content (AvgIpc) is 3.02. The first-order valence-corrected chi connectivity index (χ1v) is 8.27. The van der Waals surface area contributed by atoms with Crippen molar-refractivity contribution in [1.82, 2.24) is 10.2 Å². The molecule has 0 fully saturated rings. The number of hydrogen-bond donors (Lipinski definition) is 2. The number of rotatable bonds is 3. The molecule has 0 aliphatic carbocycles. The second kappa shape index (κ2) is 6.70. The first-order chi connectivity index (χ1) is 13.3. The van der Waals surface area contributed by atoms with E-state index >= 15 is 0 Å². The van der Waals surface area contributed by atoms with Gasteiger partial charge in [0.05, 0.1) is 23.8 Å². The number of halogens is 4. The Morgan fingerprint density at radius 3 is 2.79 bits per heavy atom. The zero-order valence-electron chi connectivity index (χ0n) is 14.2. The molecule has 2 aliphatic rings. The summed E-state index contributed by atoms with van der Waals surface area (Å²) in [6.07, 6.45) is 0. The zero-order chi connectivity index (χ0) is 20.0. The molecule has 2 N–H and O–H groups in total. The highest BCUT2D eigenvalue weighted by molar-refractivity contribution is 5.95. The topological polar surface area (TPSA) is 70.7 Å². The van der Waals surface area contributed by atoms with Gasteiger partial charge in [0, 0.05) is 17.7 Å². The molecule has 0 aromatic heterocycles. The number of carbonyl (C=O) groups excluding carboxylic acids is 2. The zero-order valence-corrected chi connectivity index (χ0v) is 14.2. The average molecular weight is 395 g/mol. The molecule has 0 bridgehead atoms. The highest BCUT2D eigenvalue weighted by atomic mass is 19.2. The van der Waals surface area contributed by atoms with Gasteiger partial charge in [0.25, 0.3) is 0 Å². The summed E-state index contributed by atoms with van der Waals surface area (Å²) in [6, 6.07) is 2.29. The van der Waals surface area contributed by atoms with Crippen LogP contribution in [0.5, 0.6) is 5.75 Å². The van der Waals surface area contributed by atoms with E-state index < -0.39 is 47.8 Å². The van der Waals surface area contributed by atoms with Gasteiger partial charge in [0.1, 0.15) is 30.5 Å². The van der Waals surface area contributed by atoms with Crippen LogP contribution in [0.1, 0.15) is 17.2 Å². The maximum absolute atomic E-state index is 14.0. The van der Waals surface area contributed by atoms with Gasteiger partial charge in [-0.2, -0.15) is 0 Å². The van der Waals surface area contributed by atoms with Crippen LogP contribution in [0.2, 0.25) is 0 Å². The highest BCUT2D eigenvalue weighted by Crippen LogP contribution is 2.35. The first kappa shape index (κ1) is 18.1. The summed E-state index contributed by atoms with van der Waals surface area (Å²) in [7, 11) is 0. The summed E-state index contributed by atoms with van der Waals surface area (Å²) < 4.78 is 59.8. The normalized spacial score (nSPS) is 17.5. The Labute approximate surface area is 156 Å². The van der Waals surface area contributed by atoms with Crippen molar-refractivity contribution in [2.24, 2.45) is 0 Å². The van der Waals surface area contributed by atoms with Crippen LogP contribution >= 0.6 is 0 Å². The second-order valence-corrected chi connectivity index (χ2v) is 6.40. The van der Waals surface area contributed by atoms with Gasteiger partial charge in [-0.3, -0.25) is 4.79 Å². The minimum absolute atomic E-state index is 0.00927. The molecule has 6 nitrogen and oxygen atoms in total. The third kappa shape index (κ3) is 3.10. The number of urea groups is 1. The smallest absolute Gasteiger partial charge is 0.322 e. The Balaban J connectivity index is 1.47. The van der Waals surface area contributed by atoms with E-state index in [-0.39, 0.29) is 35.7 Å². The fourth-order valence-electron chi connectivity index (χ4n) is 3.25. The van der Waals surface area contributed by atoms with Crippen molar-refractivity contribution in [2.45, 2.75) is 12.6 Å². The minimum Gasteiger partial charge on any atom is -0.490 e. The molecule has 2 aliphatic heterocycles. The largest absolute Gasteiger partial charge is 0.490 e. The summed E-state index contributed by atoms with van der Waals surface area (Å²) in [5.74, 6) is -4.52.